The van der Waals surface area contributed by atoms with Gasteiger partial charge in [-0.3, -0.25) is 9.79 Å². The van der Waals surface area contributed by atoms with Crippen molar-refractivity contribution in [3.63, 3.8) is 0 Å². The van der Waals surface area contributed by atoms with Crippen molar-refractivity contribution in [3.8, 4) is 0 Å². The smallest absolute Gasteiger partial charge is 0.234 e. The van der Waals surface area contributed by atoms with Crippen LogP contribution in [0.1, 0.15) is 33.3 Å². The molecule has 1 atom stereocenters. The van der Waals surface area contributed by atoms with Gasteiger partial charge < -0.3 is 15.8 Å². The van der Waals surface area contributed by atoms with Gasteiger partial charge in [0, 0.05) is 11.3 Å². The van der Waals surface area contributed by atoms with Crippen LogP contribution in [0.2, 0.25) is 0 Å². The van der Waals surface area contributed by atoms with Gasteiger partial charge in [-0.15, -0.1) is 0 Å². The number of amidine groups is 1. The number of aliphatic imine (C=N–C) groups is 1. The van der Waals surface area contributed by atoms with E-state index in [4.69, 9.17) is 10.5 Å². The first-order chi connectivity index (χ1) is 12.3. The molecule has 2 heterocycles. The van der Waals surface area contributed by atoms with Gasteiger partial charge in [-0.25, -0.2) is 12.8 Å². The molecule has 0 bridgehead atoms. The maximum atomic E-state index is 14.6. The van der Waals surface area contributed by atoms with Crippen LogP contribution in [0.25, 0.3) is 0 Å². The Hall–Kier alpha value is -2.00. The predicted octanol–water partition coefficient (Wildman–Crippen LogP) is 1.58. The number of anilines is 1. The van der Waals surface area contributed by atoms with E-state index in [-0.39, 0.29) is 23.1 Å². The summed E-state index contributed by atoms with van der Waals surface area (Å²) in [6.45, 7) is 6.90. The Labute approximate surface area is 158 Å². The number of hydrogen-bond acceptors (Lipinski definition) is 6. The van der Waals surface area contributed by atoms with Gasteiger partial charge in [0.1, 0.15) is 21.9 Å². The van der Waals surface area contributed by atoms with Crippen molar-refractivity contribution in [2.75, 3.05) is 24.3 Å². The molecule has 1 aromatic carbocycles. The Bertz CT molecular complexity index is 938. The number of sulfone groups is 1. The van der Waals surface area contributed by atoms with E-state index in [1.54, 1.807) is 6.92 Å². The fraction of sp³-hybridized carbons (Fsp3) is 0.556. The second-order valence-electron chi connectivity index (χ2n) is 8.24. The van der Waals surface area contributed by atoms with E-state index in [0.717, 1.165) is 0 Å². The van der Waals surface area contributed by atoms with Gasteiger partial charge in [-0.2, -0.15) is 0 Å². The quantitative estimate of drug-likeness (QED) is 0.804. The molecule has 27 heavy (non-hydrogen) atoms. The van der Waals surface area contributed by atoms with Gasteiger partial charge in [0.2, 0.25) is 5.91 Å². The highest BCUT2D eigenvalue weighted by Gasteiger charge is 2.49. The van der Waals surface area contributed by atoms with Gasteiger partial charge in [0.15, 0.2) is 9.84 Å². The number of hydrogen-bond donors (Lipinski definition) is 2. The van der Waals surface area contributed by atoms with Crippen LogP contribution in [0, 0.1) is 11.2 Å². The number of rotatable bonds is 3. The molecule has 3 N–H and O–H groups in total. The Kier molecular flexibility index (Phi) is 4.39. The molecule has 0 spiro atoms. The largest absolute Gasteiger partial charge is 0.386 e. The van der Waals surface area contributed by atoms with E-state index >= 15 is 0 Å². The van der Waals surface area contributed by atoms with Crippen molar-refractivity contribution in [3.05, 3.63) is 29.6 Å². The summed E-state index contributed by atoms with van der Waals surface area (Å²) in [4.78, 5) is 16.7. The second-order valence-corrected chi connectivity index (χ2v) is 10.8. The third-order valence-electron chi connectivity index (χ3n) is 5.43. The van der Waals surface area contributed by atoms with Gasteiger partial charge in [-0.05, 0) is 45.9 Å². The van der Waals surface area contributed by atoms with E-state index in [0.29, 0.717) is 18.9 Å². The van der Waals surface area contributed by atoms with Crippen molar-refractivity contribution in [1.29, 1.82) is 0 Å². The van der Waals surface area contributed by atoms with Gasteiger partial charge in [0.05, 0.1) is 24.4 Å². The number of ether oxygens (including phenoxy) is 1. The molecule has 2 aliphatic heterocycles. The van der Waals surface area contributed by atoms with E-state index in [2.05, 4.69) is 10.3 Å². The van der Waals surface area contributed by atoms with Crippen LogP contribution >= 0.6 is 0 Å². The number of carbonyl (C=O) groups excluding carboxylic acids is 1. The molecule has 0 saturated carbocycles. The van der Waals surface area contributed by atoms with Crippen LogP contribution in [-0.4, -0.2) is 43.9 Å². The zero-order valence-electron chi connectivity index (χ0n) is 15.8. The molecule has 0 aromatic heterocycles. The van der Waals surface area contributed by atoms with Gasteiger partial charge in [-0.1, -0.05) is 0 Å². The minimum atomic E-state index is -3.66. The van der Waals surface area contributed by atoms with Crippen molar-refractivity contribution < 1.29 is 22.3 Å². The number of halogens is 1. The lowest BCUT2D eigenvalue weighted by Crippen LogP contribution is -2.55. The lowest BCUT2D eigenvalue weighted by Gasteiger charge is -2.38. The van der Waals surface area contributed by atoms with Crippen LogP contribution in [0.3, 0.4) is 0 Å². The average molecular weight is 397 g/mol. The van der Waals surface area contributed by atoms with E-state index in [9.17, 15) is 17.6 Å². The number of nitrogens with two attached hydrogens (primary N) is 1. The summed E-state index contributed by atoms with van der Waals surface area (Å²) in [6.07, 6.45) is 0. The number of nitrogens with zero attached hydrogens (tertiary/aromatic N) is 1. The molecule has 7 nitrogen and oxygen atoms in total. The van der Waals surface area contributed by atoms with Crippen LogP contribution in [0.4, 0.5) is 10.1 Å². The maximum absolute atomic E-state index is 14.6. The fourth-order valence-electron chi connectivity index (χ4n) is 3.12. The Morgan fingerprint density at radius 3 is 2.41 bits per heavy atom. The second kappa shape index (κ2) is 6.00. The van der Waals surface area contributed by atoms with Crippen molar-refractivity contribution >= 4 is 27.3 Å². The van der Waals surface area contributed by atoms with E-state index in [1.165, 1.54) is 39.0 Å². The lowest BCUT2D eigenvalue weighted by molar-refractivity contribution is -0.151. The average Bonchev–Trinajstić information content (AvgIpc) is 2.52. The molecular formula is C18H24FN3O4S. The van der Waals surface area contributed by atoms with Crippen molar-refractivity contribution in [2.24, 2.45) is 16.1 Å². The molecule has 148 valence electrons. The molecule has 3 rings (SSSR count). The summed E-state index contributed by atoms with van der Waals surface area (Å²) in [6, 6.07) is 4.03. The molecule has 1 aromatic rings. The molecule has 0 aliphatic carbocycles. The predicted molar refractivity (Wildman–Crippen MR) is 101 cm³/mol. The summed E-state index contributed by atoms with van der Waals surface area (Å²) < 4.78 is 43.7. The number of carbonyl (C=O) groups is 1. The topological polar surface area (TPSA) is 111 Å². The zero-order valence-corrected chi connectivity index (χ0v) is 16.6. The van der Waals surface area contributed by atoms with Crippen LogP contribution in [0.5, 0.6) is 0 Å². The summed E-state index contributed by atoms with van der Waals surface area (Å²) in [5.74, 6) is -1.30. The first-order valence-corrected chi connectivity index (χ1v) is 10.2. The normalized spacial score (nSPS) is 28.0. The minimum Gasteiger partial charge on any atom is -0.386 e. The van der Waals surface area contributed by atoms with Gasteiger partial charge in [0.25, 0.3) is 0 Å². The molecule has 1 amide bonds. The lowest BCUT2D eigenvalue weighted by atomic mass is 9.87. The van der Waals surface area contributed by atoms with Gasteiger partial charge >= 0.3 is 0 Å². The first kappa shape index (κ1) is 19.8. The van der Waals surface area contributed by atoms with Crippen LogP contribution in [-0.2, 0) is 24.9 Å². The van der Waals surface area contributed by atoms with Crippen molar-refractivity contribution in [1.82, 2.24) is 0 Å². The summed E-state index contributed by atoms with van der Waals surface area (Å²) >= 11 is 0. The standard InChI is InChI=1S/C18H24FN3O4S/c1-16(2)14(20)22-18(4,10-27(16,24)25)12-7-11(5-6-13(12)19)21-15(23)17(3)8-26-9-17/h5-7H,8-10H2,1-4H3,(H2,20,22)(H,21,23). The minimum absolute atomic E-state index is 0.0655. The molecule has 1 fully saturated rings. The number of nitrogens with one attached hydrogen (secondary N) is 1. The Morgan fingerprint density at radius 1 is 1.26 bits per heavy atom. The number of amides is 1. The summed E-state index contributed by atoms with van der Waals surface area (Å²) in [7, 11) is -3.66. The van der Waals surface area contributed by atoms with E-state index in [1.807, 2.05) is 0 Å². The summed E-state index contributed by atoms with van der Waals surface area (Å²) in [5.41, 5.74) is 4.34. The molecule has 1 saturated heterocycles. The highest BCUT2D eigenvalue weighted by molar-refractivity contribution is 7.93. The Balaban J connectivity index is 1.99. The molecule has 2 aliphatic rings. The summed E-state index contributed by atoms with van der Waals surface area (Å²) in [5, 5.41) is 2.74. The molecule has 0 radical (unpaired) electrons. The van der Waals surface area contributed by atoms with Crippen molar-refractivity contribution in [2.45, 2.75) is 38.0 Å². The third kappa shape index (κ3) is 3.12. The molecular weight excluding hydrogens is 373 g/mol. The monoisotopic (exact) mass is 397 g/mol. The number of benzene rings is 1. The van der Waals surface area contributed by atoms with E-state index < -0.39 is 31.4 Å². The fourth-order valence-corrected chi connectivity index (χ4v) is 4.80. The zero-order chi connectivity index (χ0) is 20.3. The SMILES string of the molecule is CC1(C(=O)Nc2ccc(F)c(C3(C)CS(=O)(=O)C(C)(C)C(N)=N3)c2)COC1. The molecule has 1 unspecified atom stereocenters. The highest BCUT2D eigenvalue weighted by Crippen LogP contribution is 2.39. The van der Waals surface area contributed by atoms with Crippen LogP contribution in [0.15, 0.2) is 23.2 Å². The Morgan fingerprint density at radius 2 is 1.89 bits per heavy atom. The molecule has 9 heteroatoms. The highest BCUT2D eigenvalue weighted by atomic mass is 32.2. The third-order valence-corrected chi connectivity index (χ3v) is 8.13. The maximum Gasteiger partial charge on any atom is 0.234 e. The first-order valence-electron chi connectivity index (χ1n) is 8.58. The van der Waals surface area contributed by atoms with Crippen LogP contribution < -0.4 is 11.1 Å².